The molecule has 0 aromatic carbocycles. The summed E-state index contributed by atoms with van der Waals surface area (Å²) in [5.41, 5.74) is 0.689. The van der Waals surface area contributed by atoms with Gasteiger partial charge in [-0.05, 0) is 18.9 Å². The summed E-state index contributed by atoms with van der Waals surface area (Å²) < 4.78 is 0. The lowest BCUT2D eigenvalue weighted by Gasteiger charge is -1.95. The van der Waals surface area contributed by atoms with E-state index in [0.717, 1.165) is 0 Å². The van der Waals surface area contributed by atoms with E-state index in [1.54, 1.807) is 7.05 Å². The molecule has 0 heterocycles. The summed E-state index contributed by atoms with van der Waals surface area (Å²) in [4.78, 5) is 0. The topological polar surface area (TPSA) is 24.7 Å². The Balaban J connectivity index is 3.97. The van der Waals surface area contributed by atoms with Crippen LogP contribution >= 0.6 is 0 Å². The lowest BCUT2D eigenvalue weighted by atomic mass is 10.1. The van der Waals surface area contributed by atoms with Gasteiger partial charge >= 0.3 is 0 Å². The third-order valence-corrected chi connectivity index (χ3v) is 1.32. The van der Waals surface area contributed by atoms with Gasteiger partial charge in [0.15, 0.2) is 0 Å². The second kappa shape index (κ2) is 6.53. The van der Waals surface area contributed by atoms with Crippen LogP contribution < -0.4 is 0 Å². The van der Waals surface area contributed by atoms with Crippen LogP contribution in [0.1, 0.15) is 13.8 Å². The number of azo groups is 1. The molecule has 12 heavy (non-hydrogen) atoms. The third-order valence-electron chi connectivity index (χ3n) is 1.32. The maximum atomic E-state index is 3.78. The third kappa shape index (κ3) is 5.59. The van der Waals surface area contributed by atoms with Gasteiger partial charge in [-0.3, -0.25) is 0 Å². The van der Waals surface area contributed by atoms with Crippen molar-refractivity contribution in [1.29, 1.82) is 0 Å². The van der Waals surface area contributed by atoms with Crippen molar-refractivity contribution in [3.63, 3.8) is 0 Å². The van der Waals surface area contributed by atoms with Crippen molar-refractivity contribution in [2.45, 2.75) is 13.8 Å². The van der Waals surface area contributed by atoms with Crippen molar-refractivity contribution < 1.29 is 0 Å². The van der Waals surface area contributed by atoms with Gasteiger partial charge in [0.05, 0.1) is 5.70 Å². The number of allylic oxidation sites excluding steroid dienone is 4. The zero-order valence-corrected chi connectivity index (χ0v) is 7.99. The molecule has 0 rings (SSSR count). The quantitative estimate of drug-likeness (QED) is 0.346. The second-order valence-electron chi connectivity index (χ2n) is 2.54. The van der Waals surface area contributed by atoms with Crippen molar-refractivity contribution >= 4 is 0 Å². The maximum absolute atomic E-state index is 3.78. The molecule has 1 atom stereocenters. The molecule has 66 valence electrons. The van der Waals surface area contributed by atoms with E-state index in [9.17, 15) is 0 Å². The van der Waals surface area contributed by atoms with Crippen molar-refractivity contribution in [2.24, 2.45) is 16.1 Å². The highest BCUT2D eigenvalue weighted by molar-refractivity contribution is 5.14. The summed E-state index contributed by atoms with van der Waals surface area (Å²) in [6, 6.07) is 0. The Morgan fingerprint density at radius 3 is 2.58 bits per heavy atom. The minimum Gasteiger partial charge on any atom is -0.192 e. The van der Waals surface area contributed by atoms with Crippen LogP contribution in [0.3, 0.4) is 0 Å². The molecule has 0 radical (unpaired) electrons. The van der Waals surface area contributed by atoms with E-state index in [0.29, 0.717) is 11.6 Å². The first kappa shape index (κ1) is 10.8. The summed E-state index contributed by atoms with van der Waals surface area (Å²) in [5.74, 6) is 0.429. The second-order valence-corrected chi connectivity index (χ2v) is 2.54. The maximum Gasteiger partial charge on any atom is 0.0777 e. The summed E-state index contributed by atoms with van der Waals surface area (Å²) in [7, 11) is 1.63. The van der Waals surface area contributed by atoms with Crippen molar-refractivity contribution in [2.75, 3.05) is 7.05 Å². The van der Waals surface area contributed by atoms with E-state index in [4.69, 9.17) is 0 Å². The van der Waals surface area contributed by atoms with Crippen LogP contribution in [0.25, 0.3) is 0 Å². The Bertz CT molecular complexity index is 212. The van der Waals surface area contributed by atoms with Crippen LogP contribution in [0.4, 0.5) is 0 Å². The fourth-order valence-corrected chi connectivity index (χ4v) is 0.792. The van der Waals surface area contributed by atoms with Gasteiger partial charge in [-0.15, -0.1) is 0 Å². The molecule has 0 aliphatic rings. The number of rotatable bonds is 4. The highest BCUT2D eigenvalue weighted by atomic mass is 15.1. The predicted molar refractivity (Wildman–Crippen MR) is 53.0 cm³/mol. The molecule has 0 saturated heterocycles. The van der Waals surface area contributed by atoms with Gasteiger partial charge in [0.1, 0.15) is 0 Å². The van der Waals surface area contributed by atoms with Crippen LogP contribution in [-0.2, 0) is 0 Å². The molecule has 0 N–H and O–H groups in total. The molecule has 0 saturated carbocycles. The van der Waals surface area contributed by atoms with Crippen LogP contribution in [0, 0.1) is 5.92 Å². The Labute approximate surface area is 74.4 Å². The Kier molecular flexibility index (Phi) is 5.88. The summed E-state index contributed by atoms with van der Waals surface area (Å²) in [6.45, 7) is 7.81. The monoisotopic (exact) mass is 164 g/mol. The van der Waals surface area contributed by atoms with Crippen molar-refractivity contribution in [3.05, 3.63) is 36.6 Å². The first-order valence-corrected chi connectivity index (χ1v) is 4.00. The van der Waals surface area contributed by atoms with Gasteiger partial charge < -0.3 is 0 Å². The minimum atomic E-state index is 0.429. The average Bonchev–Trinajstić information content (AvgIpc) is 2.02. The Morgan fingerprint density at radius 2 is 2.08 bits per heavy atom. The van der Waals surface area contributed by atoms with Gasteiger partial charge in [0.2, 0.25) is 0 Å². The Morgan fingerprint density at radius 1 is 1.42 bits per heavy atom. The normalized spacial score (nSPS) is 14.9. The molecule has 0 bridgehead atoms. The molecule has 0 fully saturated rings. The fourth-order valence-electron chi connectivity index (χ4n) is 0.792. The van der Waals surface area contributed by atoms with E-state index in [1.165, 1.54) is 0 Å². The summed E-state index contributed by atoms with van der Waals surface area (Å²) in [6.07, 6.45) is 8.04. The van der Waals surface area contributed by atoms with Crippen LogP contribution in [-0.4, -0.2) is 7.05 Å². The first-order chi connectivity index (χ1) is 5.70. The highest BCUT2D eigenvalue weighted by Gasteiger charge is 1.88. The largest absolute Gasteiger partial charge is 0.192 e. The predicted octanol–water partition coefficient (Wildman–Crippen LogP) is 3.35. The molecule has 0 aliphatic carbocycles. The smallest absolute Gasteiger partial charge is 0.0777 e. The van der Waals surface area contributed by atoms with Gasteiger partial charge in [-0.1, -0.05) is 31.7 Å². The van der Waals surface area contributed by atoms with Crippen LogP contribution in [0.2, 0.25) is 0 Å². The number of hydrogen-bond acceptors (Lipinski definition) is 2. The van der Waals surface area contributed by atoms with Gasteiger partial charge in [-0.2, -0.15) is 10.2 Å². The summed E-state index contributed by atoms with van der Waals surface area (Å²) in [5, 5.41) is 7.39. The lowest BCUT2D eigenvalue weighted by Crippen LogP contribution is -1.81. The molecule has 0 aliphatic heterocycles. The molecule has 0 aromatic rings. The highest BCUT2D eigenvalue weighted by Crippen LogP contribution is 2.03. The lowest BCUT2D eigenvalue weighted by molar-refractivity contribution is 0.933. The van der Waals surface area contributed by atoms with Crippen molar-refractivity contribution in [3.8, 4) is 0 Å². The van der Waals surface area contributed by atoms with Gasteiger partial charge in [-0.25, -0.2) is 0 Å². The van der Waals surface area contributed by atoms with Crippen LogP contribution in [0.15, 0.2) is 46.8 Å². The number of nitrogens with zero attached hydrogens (tertiary/aromatic N) is 2. The standard InChI is InChI=1S/C10H16N2/c1-5-6-9(2)7-8-10(3)12-11-4/h5-9H,3H2,1-2,4H3/b6-5-,8-7-,12-11+. The summed E-state index contributed by atoms with van der Waals surface area (Å²) >= 11 is 0. The average molecular weight is 164 g/mol. The van der Waals surface area contributed by atoms with E-state index in [-0.39, 0.29) is 0 Å². The minimum absolute atomic E-state index is 0.429. The molecule has 1 unspecified atom stereocenters. The molecular weight excluding hydrogens is 148 g/mol. The SMILES string of the molecule is C=C(/C=C\C(C)/C=C\C)/N=N/C. The van der Waals surface area contributed by atoms with Gasteiger partial charge in [0, 0.05) is 7.05 Å². The molecule has 2 nitrogen and oxygen atoms in total. The Hall–Kier alpha value is -1.18. The molecular formula is C10H16N2. The molecule has 2 heteroatoms. The molecule has 0 aromatic heterocycles. The fraction of sp³-hybridized carbons (Fsp3) is 0.400. The zero-order valence-electron chi connectivity index (χ0n) is 7.99. The first-order valence-electron chi connectivity index (χ1n) is 4.00. The van der Waals surface area contributed by atoms with E-state index in [1.807, 2.05) is 25.2 Å². The molecule has 0 amide bonds. The van der Waals surface area contributed by atoms with E-state index >= 15 is 0 Å². The van der Waals surface area contributed by atoms with E-state index < -0.39 is 0 Å². The van der Waals surface area contributed by atoms with E-state index in [2.05, 4.69) is 29.8 Å². The molecule has 0 spiro atoms. The number of hydrogen-bond donors (Lipinski definition) is 0. The van der Waals surface area contributed by atoms with Gasteiger partial charge in [0.25, 0.3) is 0 Å². The van der Waals surface area contributed by atoms with Crippen LogP contribution in [0.5, 0.6) is 0 Å². The van der Waals surface area contributed by atoms with Crippen molar-refractivity contribution in [1.82, 2.24) is 0 Å². The zero-order chi connectivity index (χ0) is 9.40.